The molecule has 7 nitrogen and oxygen atoms in total. The van der Waals surface area contributed by atoms with Gasteiger partial charge in [0.2, 0.25) is 0 Å². The Morgan fingerprint density at radius 2 is 2.04 bits per heavy atom. The number of nitrogens with zero attached hydrogens (tertiary/aromatic N) is 3. The average Bonchev–Trinajstić information content (AvgIpc) is 3.01. The Labute approximate surface area is 146 Å². The Morgan fingerprint density at radius 1 is 1.28 bits per heavy atom. The van der Waals surface area contributed by atoms with Gasteiger partial charge in [0, 0.05) is 31.5 Å². The van der Waals surface area contributed by atoms with Gasteiger partial charge in [-0.2, -0.15) is 5.10 Å². The minimum atomic E-state index is -0.225. The highest BCUT2D eigenvalue weighted by Gasteiger charge is 2.19. The molecule has 25 heavy (non-hydrogen) atoms. The molecule has 0 unspecified atom stereocenters. The van der Waals surface area contributed by atoms with Gasteiger partial charge in [-0.1, -0.05) is 18.2 Å². The van der Waals surface area contributed by atoms with E-state index in [1.165, 1.54) is 6.20 Å². The van der Waals surface area contributed by atoms with Gasteiger partial charge in [-0.05, 0) is 19.1 Å². The Hall–Kier alpha value is -3.09. The zero-order chi connectivity index (χ0) is 17.8. The average molecular weight is 339 g/mol. The van der Waals surface area contributed by atoms with Crippen molar-refractivity contribution in [1.82, 2.24) is 20.1 Å². The first-order valence-electron chi connectivity index (χ1n) is 8.04. The van der Waals surface area contributed by atoms with Crippen LogP contribution < -0.4 is 15.4 Å². The molecular weight excluding hydrogens is 318 g/mol. The molecule has 130 valence electrons. The summed E-state index contributed by atoms with van der Waals surface area (Å²) in [5.74, 6) is 0.260. The summed E-state index contributed by atoms with van der Waals surface area (Å²) in [6.45, 7) is 2.55. The summed E-state index contributed by atoms with van der Waals surface area (Å²) in [5.41, 5.74) is 2.08. The molecule has 0 fully saturated rings. The zero-order valence-corrected chi connectivity index (χ0v) is 14.5. The van der Waals surface area contributed by atoms with Crippen LogP contribution in [0.15, 0.2) is 42.7 Å². The number of aromatic nitrogens is 3. The van der Waals surface area contributed by atoms with E-state index >= 15 is 0 Å². The molecule has 3 rings (SSSR count). The number of hydrogen-bond donors (Lipinski definition) is 2. The van der Waals surface area contributed by atoms with Crippen LogP contribution in [-0.4, -0.2) is 40.4 Å². The molecule has 3 aromatic rings. The van der Waals surface area contributed by atoms with Crippen molar-refractivity contribution in [3.63, 3.8) is 0 Å². The highest BCUT2D eigenvalue weighted by Crippen LogP contribution is 2.27. The van der Waals surface area contributed by atoms with Crippen molar-refractivity contribution < 1.29 is 9.53 Å². The number of benzene rings is 1. The summed E-state index contributed by atoms with van der Waals surface area (Å²) < 4.78 is 7.08. The third-order valence-corrected chi connectivity index (χ3v) is 3.93. The van der Waals surface area contributed by atoms with E-state index in [2.05, 4.69) is 20.7 Å². The molecule has 2 N–H and O–H groups in total. The molecule has 0 aliphatic heterocycles. The molecule has 0 aliphatic rings. The summed E-state index contributed by atoms with van der Waals surface area (Å²) >= 11 is 0. The van der Waals surface area contributed by atoms with Gasteiger partial charge in [0.1, 0.15) is 11.3 Å². The van der Waals surface area contributed by atoms with Crippen molar-refractivity contribution in [2.45, 2.75) is 13.0 Å². The molecule has 0 saturated heterocycles. The van der Waals surface area contributed by atoms with Gasteiger partial charge in [0.15, 0.2) is 5.65 Å². The fraction of sp³-hybridized carbons (Fsp3) is 0.278. The first-order chi connectivity index (χ1) is 12.1. The van der Waals surface area contributed by atoms with E-state index in [0.717, 1.165) is 5.69 Å². The Morgan fingerprint density at radius 3 is 2.76 bits per heavy atom. The molecule has 0 radical (unpaired) electrons. The summed E-state index contributed by atoms with van der Waals surface area (Å²) in [6, 6.07) is 9.79. The largest absolute Gasteiger partial charge is 0.495 e. The van der Waals surface area contributed by atoms with E-state index in [1.807, 2.05) is 37.3 Å². The van der Waals surface area contributed by atoms with E-state index in [1.54, 1.807) is 25.0 Å². The number of rotatable bonds is 6. The number of pyridine rings is 1. The van der Waals surface area contributed by atoms with Gasteiger partial charge < -0.3 is 15.4 Å². The lowest BCUT2D eigenvalue weighted by Gasteiger charge is -2.16. The van der Waals surface area contributed by atoms with E-state index in [0.29, 0.717) is 28.9 Å². The number of methoxy groups -OCH3 is 1. The molecule has 0 aliphatic carbocycles. The summed E-state index contributed by atoms with van der Waals surface area (Å²) in [6.07, 6.45) is 3.17. The van der Waals surface area contributed by atoms with Crippen LogP contribution in [0.3, 0.4) is 0 Å². The Balaban J connectivity index is 1.71. The molecule has 7 heteroatoms. The second kappa shape index (κ2) is 7.21. The fourth-order valence-electron chi connectivity index (χ4n) is 2.63. The quantitative estimate of drug-likeness (QED) is 0.720. The van der Waals surface area contributed by atoms with Crippen LogP contribution >= 0.6 is 0 Å². The van der Waals surface area contributed by atoms with Crippen molar-refractivity contribution in [3.05, 3.63) is 48.3 Å². The number of aryl methyl sites for hydroxylation is 1. The predicted molar refractivity (Wildman–Crippen MR) is 96.9 cm³/mol. The minimum absolute atomic E-state index is 0.0676. The number of carbonyl (C=O) groups is 1. The second-order valence-corrected chi connectivity index (χ2v) is 5.83. The highest BCUT2D eigenvalue weighted by molar-refractivity contribution is 6.01. The molecular formula is C18H21N5O2. The van der Waals surface area contributed by atoms with Crippen LogP contribution in [0.1, 0.15) is 17.3 Å². The first kappa shape index (κ1) is 16.8. The van der Waals surface area contributed by atoms with Gasteiger partial charge >= 0.3 is 0 Å². The van der Waals surface area contributed by atoms with Crippen LogP contribution in [0.2, 0.25) is 0 Å². The molecule has 1 aromatic carbocycles. The highest BCUT2D eigenvalue weighted by atomic mass is 16.5. The van der Waals surface area contributed by atoms with Crippen LogP contribution in [0.25, 0.3) is 11.0 Å². The van der Waals surface area contributed by atoms with Crippen molar-refractivity contribution in [3.8, 4) is 5.75 Å². The molecule has 1 atom stereocenters. The van der Waals surface area contributed by atoms with Crippen molar-refractivity contribution in [2.24, 2.45) is 7.05 Å². The van der Waals surface area contributed by atoms with Gasteiger partial charge in [0.05, 0.1) is 18.7 Å². The van der Waals surface area contributed by atoms with Gasteiger partial charge in [-0.25, -0.2) is 4.98 Å². The predicted octanol–water partition coefficient (Wildman–Crippen LogP) is 2.21. The van der Waals surface area contributed by atoms with Crippen molar-refractivity contribution in [2.75, 3.05) is 19.0 Å². The van der Waals surface area contributed by atoms with Gasteiger partial charge in [-0.15, -0.1) is 0 Å². The van der Waals surface area contributed by atoms with Gasteiger partial charge in [0.25, 0.3) is 5.91 Å². The zero-order valence-electron chi connectivity index (χ0n) is 14.5. The lowest BCUT2D eigenvalue weighted by atomic mass is 10.2. The van der Waals surface area contributed by atoms with E-state index in [-0.39, 0.29) is 11.9 Å². The van der Waals surface area contributed by atoms with E-state index < -0.39 is 0 Å². The standard InChI is InChI=1S/C18H21N5O2/c1-12(9-19-13-7-5-4-6-8-13)22-18(24)15-10-20-17-14(16(15)25-3)11-21-23(17)2/h4-8,10-12,19H,9H2,1-3H3,(H,22,24)/t12-/m0/s1. The molecule has 0 bridgehead atoms. The topological polar surface area (TPSA) is 81.1 Å². The number of anilines is 1. The molecule has 0 saturated carbocycles. The SMILES string of the molecule is COc1c(C(=O)N[C@@H](C)CNc2ccccc2)cnc2c1cnn2C. The lowest BCUT2D eigenvalue weighted by molar-refractivity contribution is 0.0939. The fourth-order valence-corrected chi connectivity index (χ4v) is 2.63. The smallest absolute Gasteiger partial charge is 0.256 e. The minimum Gasteiger partial charge on any atom is -0.495 e. The van der Waals surface area contributed by atoms with E-state index in [9.17, 15) is 4.79 Å². The van der Waals surface area contributed by atoms with Gasteiger partial charge in [-0.3, -0.25) is 9.48 Å². The maximum absolute atomic E-state index is 12.6. The number of ether oxygens (including phenoxy) is 1. The number of nitrogens with one attached hydrogen (secondary N) is 2. The third-order valence-electron chi connectivity index (χ3n) is 3.93. The summed E-state index contributed by atoms with van der Waals surface area (Å²) in [5, 5.41) is 11.1. The number of hydrogen-bond acceptors (Lipinski definition) is 5. The monoisotopic (exact) mass is 339 g/mol. The molecule has 2 heterocycles. The maximum Gasteiger partial charge on any atom is 0.256 e. The van der Waals surface area contributed by atoms with Crippen LogP contribution in [-0.2, 0) is 7.05 Å². The molecule has 2 aromatic heterocycles. The first-order valence-corrected chi connectivity index (χ1v) is 8.04. The van der Waals surface area contributed by atoms with Crippen LogP contribution in [0.4, 0.5) is 5.69 Å². The van der Waals surface area contributed by atoms with Crippen molar-refractivity contribution >= 4 is 22.6 Å². The van der Waals surface area contributed by atoms with Crippen LogP contribution in [0, 0.1) is 0 Å². The maximum atomic E-state index is 12.6. The van der Waals surface area contributed by atoms with E-state index in [4.69, 9.17) is 4.74 Å². The molecule has 0 spiro atoms. The summed E-state index contributed by atoms with van der Waals surface area (Å²) in [7, 11) is 3.34. The Bertz CT molecular complexity index is 876. The van der Waals surface area contributed by atoms with Crippen LogP contribution in [0.5, 0.6) is 5.75 Å². The number of amides is 1. The number of para-hydroxylation sites is 1. The molecule has 1 amide bonds. The lowest BCUT2D eigenvalue weighted by Crippen LogP contribution is -2.37. The third kappa shape index (κ3) is 3.55. The number of fused-ring (bicyclic) bond motifs is 1. The normalized spacial score (nSPS) is 12.0. The Kier molecular flexibility index (Phi) is 4.83. The van der Waals surface area contributed by atoms with Crippen molar-refractivity contribution in [1.29, 1.82) is 0 Å². The summed E-state index contributed by atoms with van der Waals surface area (Å²) in [4.78, 5) is 16.9. The number of carbonyl (C=O) groups excluding carboxylic acids is 1. The second-order valence-electron chi connectivity index (χ2n) is 5.83.